The number of ether oxygens (including phenoxy) is 2. The van der Waals surface area contributed by atoms with Crippen molar-refractivity contribution in [3.63, 3.8) is 0 Å². The molecule has 0 amide bonds. The van der Waals surface area contributed by atoms with Crippen molar-refractivity contribution >= 4 is 21.6 Å². The van der Waals surface area contributed by atoms with Gasteiger partial charge in [-0.05, 0) is 43.5 Å². The van der Waals surface area contributed by atoms with E-state index in [1.54, 1.807) is 29.5 Å². The summed E-state index contributed by atoms with van der Waals surface area (Å²) in [4.78, 5) is 4.43. The number of fused-ring (bicyclic) bond motifs is 1. The summed E-state index contributed by atoms with van der Waals surface area (Å²) in [5.74, 6) is 0.00453. The van der Waals surface area contributed by atoms with Gasteiger partial charge >= 0.3 is 0 Å². The number of aromatic nitrogens is 1. The molecule has 0 bridgehead atoms. The topological polar surface area (TPSA) is 31.4 Å². The van der Waals surface area contributed by atoms with Gasteiger partial charge < -0.3 is 9.47 Å². The van der Waals surface area contributed by atoms with Crippen LogP contribution in [0, 0.1) is 5.82 Å². The Balaban J connectivity index is 1.32. The third kappa shape index (κ3) is 4.42. The van der Waals surface area contributed by atoms with Gasteiger partial charge in [-0.3, -0.25) is 0 Å². The summed E-state index contributed by atoms with van der Waals surface area (Å²) in [6.07, 6.45) is 2.77. The maximum atomic E-state index is 13.3. The highest BCUT2D eigenvalue weighted by Crippen LogP contribution is 2.27. The SMILES string of the molecule is Fc1ccccc1OCCCCCOc1nc2ccccc2s1. The molecule has 0 saturated heterocycles. The Morgan fingerprint density at radius 2 is 1.61 bits per heavy atom. The zero-order valence-corrected chi connectivity index (χ0v) is 13.5. The van der Waals surface area contributed by atoms with E-state index in [-0.39, 0.29) is 5.82 Å². The van der Waals surface area contributed by atoms with Crippen molar-refractivity contribution in [2.24, 2.45) is 0 Å². The molecule has 0 N–H and O–H groups in total. The minimum absolute atomic E-state index is 0.313. The Labute approximate surface area is 138 Å². The Morgan fingerprint density at radius 3 is 2.43 bits per heavy atom. The number of para-hydroxylation sites is 2. The van der Waals surface area contributed by atoms with E-state index in [1.807, 2.05) is 24.3 Å². The molecule has 0 unspecified atom stereocenters. The Morgan fingerprint density at radius 1 is 0.870 bits per heavy atom. The first-order valence-corrected chi connectivity index (χ1v) is 8.50. The van der Waals surface area contributed by atoms with Crippen LogP contribution in [-0.4, -0.2) is 18.2 Å². The number of thiazole rings is 1. The Kier molecular flexibility index (Phi) is 5.42. The third-order valence-electron chi connectivity index (χ3n) is 3.38. The highest BCUT2D eigenvalue weighted by atomic mass is 32.1. The molecule has 0 aliphatic heterocycles. The van der Waals surface area contributed by atoms with E-state index in [2.05, 4.69) is 4.98 Å². The zero-order valence-electron chi connectivity index (χ0n) is 12.7. The first-order chi connectivity index (χ1) is 11.3. The Bertz CT molecular complexity index is 726. The fraction of sp³-hybridized carbons (Fsp3) is 0.278. The molecule has 3 nitrogen and oxygen atoms in total. The second-order valence-corrected chi connectivity index (χ2v) is 6.13. The first-order valence-electron chi connectivity index (χ1n) is 7.68. The van der Waals surface area contributed by atoms with Crippen LogP contribution in [0.3, 0.4) is 0 Å². The molecule has 0 fully saturated rings. The van der Waals surface area contributed by atoms with E-state index in [4.69, 9.17) is 9.47 Å². The molecule has 0 spiro atoms. The van der Waals surface area contributed by atoms with E-state index in [1.165, 1.54) is 6.07 Å². The van der Waals surface area contributed by atoms with E-state index >= 15 is 0 Å². The maximum absolute atomic E-state index is 13.3. The number of rotatable bonds is 8. The van der Waals surface area contributed by atoms with Crippen LogP contribution in [0.5, 0.6) is 10.9 Å². The second kappa shape index (κ2) is 7.92. The molecule has 3 rings (SSSR count). The third-order valence-corrected chi connectivity index (χ3v) is 4.33. The monoisotopic (exact) mass is 331 g/mol. The van der Waals surface area contributed by atoms with Crippen LogP contribution in [0.1, 0.15) is 19.3 Å². The van der Waals surface area contributed by atoms with Crippen LogP contribution in [0.4, 0.5) is 4.39 Å². The van der Waals surface area contributed by atoms with Crippen LogP contribution in [0.15, 0.2) is 48.5 Å². The van der Waals surface area contributed by atoms with Crippen molar-refractivity contribution in [1.29, 1.82) is 0 Å². The average molecular weight is 331 g/mol. The number of hydrogen-bond donors (Lipinski definition) is 0. The number of unbranched alkanes of at least 4 members (excludes halogenated alkanes) is 2. The predicted molar refractivity (Wildman–Crippen MR) is 90.9 cm³/mol. The summed E-state index contributed by atoms with van der Waals surface area (Å²) >= 11 is 1.56. The molecule has 1 heterocycles. The zero-order chi connectivity index (χ0) is 15.9. The van der Waals surface area contributed by atoms with Crippen molar-refractivity contribution in [2.75, 3.05) is 13.2 Å². The van der Waals surface area contributed by atoms with Crippen molar-refractivity contribution in [1.82, 2.24) is 4.98 Å². The standard InChI is InChI=1S/C18H18FNO2S/c19-14-8-2-4-10-16(14)21-12-6-1-7-13-22-18-20-15-9-3-5-11-17(15)23-18/h2-5,8-11H,1,6-7,12-13H2. The molecule has 2 aromatic carbocycles. The lowest BCUT2D eigenvalue weighted by Gasteiger charge is -2.06. The average Bonchev–Trinajstić information content (AvgIpc) is 2.98. The molecule has 0 saturated carbocycles. The molecule has 5 heteroatoms. The highest BCUT2D eigenvalue weighted by Gasteiger charge is 2.04. The van der Waals surface area contributed by atoms with Crippen LogP contribution in [-0.2, 0) is 0 Å². The van der Waals surface area contributed by atoms with E-state index in [0.717, 1.165) is 29.5 Å². The van der Waals surface area contributed by atoms with Gasteiger partial charge in [0.05, 0.1) is 23.4 Å². The molecular formula is C18H18FNO2S. The van der Waals surface area contributed by atoms with Crippen LogP contribution < -0.4 is 9.47 Å². The quantitative estimate of drug-likeness (QED) is 0.540. The van der Waals surface area contributed by atoms with E-state index in [0.29, 0.717) is 24.2 Å². The minimum Gasteiger partial charge on any atom is -0.491 e. The van der Waals surface area contributed by atoms with Gasteiger partial charge in [0.15, 0.2) is 11.6 Å². The highest BCUT2D eigenvalue weighted by molar-refractivity contribution is 7.20. The van der Waals surface area contributed by atoms with Crippen LogP contribution in [0.25, 0.3) is 10.2 Å². The molecule has 3 aromatic rings. The lowest BCUT2D eigenvalue weighted by atomic mass is 10.2. The van der Waals surface area contributed by atoms with Crippen LogP contribution in [0.2, 0.25) is 0 Å². The molecule has 1 aromatic heterocycles. The summed E-state index contributed by atoms with van der Waals surface area (Å²) in [6, 6.07) is 14.5. The first kappa shape index (κ1) is 15.7. The van der Waals surface area contributed by atoms with Crippen molar-refractivity contribution in [3.05, 3.63) is 54.3 Å². The van der Waals surface area contributed by atoms with Crippen molar-refractivity contribution < 1.29 is 13.9 Å². The second-order valence-electron chi connectivity index (χ2n) is 5.14. The van der Waals surface area contributed by atoms with Gasteiger partial charge in [0.1, 0.15) is 0 Å². The van der Waals surface area contributed by atoms with Gasteiger partial charge in [0.2, 0.25) is 0 Å². The summed E-state index contributed by atoms with van der Waals surface area (Å²) in [5.41, 5.74) is 0.978. The maximum Gasteiger partial charge on any atom is 0.274 e. The number of hydrogen-bond acceptors (Lipinski definition) is 4. The normalized spacial score (nSPS) is 10.8. The molecule has 23 heavy (non-hydrogen) atoms. The Hall–Kier alpha value is -2.14. The van der Waals surface area contributed by atoms with Gasteiger partial charge in [-0.1, -0.05) is 35.6 Å². The van der Waals surface area contributed by atoms with Crippen molar-refractivity contribution in [2.45, 2.75) is 19.3 Å². The van der Waals surface area contributed by atoms with Gasteiger partial charge in [-0.2, -0.15) is 0 Å². The summed E-state index contributed by atoms with van der Waals surface area (Å²) in [7, 11) is 0. The molecule has 0 atom stereocenters. The number of halogens is 1. The summed E-state index contributed by atoms with van der Waals surface area (Å²) < 4.78 is 25.6. The van der Waals surface area contributed by atoms with E-state index in [9.17, 15) is 4.39 Å². The molecular weight excluding hydrogens is 313 g/mol. The fourth-order valence-electron chi connectivity index (χ4n) is 2.20. The number of nitrogens with zero attached hydrogens (tertiary/aromatic N) is 1. The summed E-state index contributed by atoms with van der Waals surface area (Å²) in [6.45, 7) is 1.15. The minimum atomic E-state index is -0.313. The lowest BCUT2D eigenvalue weighted by molar-refractivity contribution is 0.272. The van der Waals surface area contributed by atoms with Gasteiger partial charge in [-0.15, -0.1) is 0 Å². The smallest absolute Gasteiger partial charge is 0.274 e. The van der Waals surface area contributed by atoms with Crippen LogP contribution >= 0.6 is 11.3 Å². The predicted octanol–water partition coefficient (Wildman–Crippen LogP) is 5.06. The van der Waals surface area contributed by atoms with Gasteiger partial charge in [-0.25, -0.2) is 9.37 Å². The molecule has 0 aliphatic rings. The summed E-state index contributed by atoms with van der Waals surface area (Å²) in [5, 5.41) is 0.716. The molecule has 0 radical (unpaired) electrons. The number of benzene rings is 2. The van der Waals surface area contributed by atoms with E-state index < -0.39 is 0 Å². The van der Waals surface area contributed by atoms with Gasteiger partial charge in [0, 0.05) is 0 Å². The molecule has 0 aliphatic carbocycles. The lowest BCUT2D eigenvalue weighted by Crippen LogP contribution is -2.01. The molecule has 120 valence electrons. The van der Waals surface area contributed by atoms with Gasteiger partial charge in [0.25, 0.3) is 5.19 Å². The largest absolute Gasteiger partial charge is 0.491 e. The van der Waals surface area contributed by atoms with Crippen molar-refractivity contribution in [3.8, 4) is 10.9 Å². The fourth-order valence-corrected chi connectivity index (χ4v) is 3.04.